The van der Waals surface area contributed by atoms with Crippen LogP contribution in [0.1, 0.15) is 12.5 Å². The summed E-state index contributed by atoms with van der Waals surface area (Å²) in [6, 6.07) is 13.3. The summed E-state index contributed by atoms with van der Waals surface area (Å²) in [5, 5.41) is 15.9. The van der Waals surface area contributed by atoms with Gasteiger partial charge >= 0.3 is 6.03 Å². The van der Waals surface area contributed by atoms with E-state index >= 15 is 0 Å². The molecule has 3 aromatic carbocycles. The molecule has 13 nitrogen and oxygen atoms in total. The number of carbonyl (C=O) groups excluding carboxylic acids is 4. The summed E-state index contributed by atoms with van der Waals surface area (Å²) in [6.45, 7) is 1.49. The zero-order chi connectivity index (χ0) is 30.4. The summed E-state index contributed by atoms with van der Waals surface area (Å²) in [7, 11) is 1.53. The number of imide groups is 2. The van der Waals surface area contributed by atoms with Gasteiger partial charge in [0.25, 0.3) is 23.4 Å². The molecular formula is C28H23ClN4O9. The number of nitrogens with zero attached hydrogens (tertiary/aromatic N) is 2. The van der Waals surface area contributed by atoms with Gasteiger partial charge in [0, 0.05) is 17.8 Å². The zero-order valence-electron chi connectivity index (χ0n) is 22.2. The molecule has 0 atom stereocenters. The molecule has 4 rings (SSSR count). The number of hydrogen-bond acceptors (Lipinski definition) is 9. The lowest BCUT2D eigenvalue weighted by atomic mass is 10.1. The molecule has 2 N–H and O–H groups in total. The van der Waals surface area contributed by atoms with Crippen LogP contribution in [-0.4, -0.2) is 49.0 Å². The Balaban J connectivity index is 1.57. The monoisotopic (exact) mass is 594 g/mol. The van der Waals surface area contributed by atoms with Crippen LogP contribution in [0, 0.1) is 10.1 Å². The van der Waals surface area contributed by atoms with Crippen LogP contribution in [0.2, 0.25) is 5.02 Å². The highest BCUT2D eigenvalue weighted by Gasteiger charge is 2.37. The standard InChI is InChI=1S/C28H23ClN4O9/c1-3-41-23-13-16(12-22(29)25(23)42-15-24(34)30-17-7-9-20(40-2)10-8-17)11-21-26(35)31-28(37)32(27(21)36)18-5-4-6-19(14-18)33(38)39/h4-14H,3,15H2,1-2H3,(H,30,34)(H,31,35,37)/b21-11-. The second-order valence-electron chi connectivity index (χ2n) is 8.56. The second-order valence-corrected chi connectivity index (χ2v) is 8.97. The molecule has 42 heavy (non-hydrogen) atoms. The van der Waals surface area contributed by atoms with Crippen LogP contribution in [0.25, 0.3) is 6.08 Å². The summed E-state index contributed by atoms with van der Waals surface area (Å²) in [4.78, 5) is 61.9. The first-order chi connectivity index (χ1) is 20.1. The van der Waals surface area contributed by atoms with E-state index in [9.17, 15) is 29.3 Å². The third-order valence-corrected chi connectivity index (χ3v) is 6.05. The van der Waals surface area contributed by atoms with Gasteiger partial charge in [-0.15, -0.1) is 0 Å². The Kier molecular flexibility index (Phi) is 9.02. The van der Waals surface area contributed by atoms with Crippen LogP contribution < -0.4 is 29.7 Å². The van der Waals surface area contributed by atoms with Crippen molar-refractivity contribution in [2.24, 2.45) is 0 Å². The largest absolute Gasteiger partial charge is 0.497 e. The van der Waals surface area contributed by atoms with Gasteiger partial charge < -0.3 is 19.5 Å². The van der Waals surface area contributed by atoms with Gasteiger partial charge in [-0.05, 0) is 61.0 Å². The third-order valence-electron chi connectivity index (χ3n) is 5.76. The number of halogens is 1. The van der Waals surface area contributed by atoms with Crippen molar-refractivity contribution >= 4 is 58.5 Å². The van der Waals surface area contributed by atoms with Crippen LogP contribution in [0.3, 0.4) is 0 Å². The van der Waals surface area contributed by atoms with Crippen molar-refractivity contribution in [2.75, 3.05) is 30.5 Å². The molecule has 0 radical (unpaired) electrons. The van der Waals surface area contributed by atoms with E-state index < -0.39 is 40.9 Å². The number of barbiturate groups is 1. The fraction of sp³-hybridized carbons (Fsp3) is 0.143. The van der Waals surface area contributed by atoms with Gasteiger partial charge in [0.2, 0.25) is 0 Å². The molecule has 0 aliphatic carbocycles. The maximum Gasteiger partial charge on any atom is 0.335 e. The Morgan fingerprint density at radius 3 is 2.50 bits per heavy atom. The number of nitro benzene ring substituents is 1. The lowest BCUT2D eigenvalue weighted by Gasteiger charge is -2.26. The van der Waals surface area contributed by atoms with Crippen molar-refractivity contribution in [3.63, 3.8) is 0 Å². The van der Waals surface area contributed by atoms with Gasteiger partial charge in [-0.3, -0.25) is 29.8 Å². The number of anilines is 2. The molecule has 0 saturated carbocycles. The summed E-state index contributed by atoms with van der Waals surface area (Å²) in [5.41, 5.74) is -0.125. The molecule has 0 spiro atoms. The normalized spacial score (nSPS) is 13.9. The molecule has 1 aliphatic heterocycles. The van der Waals surface area contributed by atoms with Crippen LogP contribution in [0.5, 0.6) is 17.2 Å². The first-order valence-corrected chi connectivity index (χ1v) is 12.7. The Bertz CT molecular complexity index is 1610. The number of carbonyl (C=O) groups is 4. The number of hydrogen-bond donors (Lipinski definition) is 2. The number of benzene rings is 3. The molecule has 5 amide bonds. The molecule has 1 saturated heterocycles. The van der Waals surface area contributed by atoms with E-state index in [-0.39, 0.29) is 40.1 Å². The minimum absolute atomic E-state index is 0.0142. The van der Waals surface area contributed by atoms with E-state index in [0.29, 0.717) is 16.3 Å². The average molecular weight is 595 g/mol. The molecule has 1 aliphatic rings. The van der Waals surface area contributed by atoms with Crippen molar-refractivity contribution in [1.82, 2.24) is 5.32 Å². The highest BCUT2D eigenvalue weighted by atomic mass is 35.5. The number of ether oxygens (including phenoxy) is 3. The fourth-order valence-electron chi connectivity index (χ4n) is 3.89. The quantitative estimate of drug-likeness (QED) is 0.150. The Morgan fingerprint density at radius 2 is 1.83 bits per heavy atom. The number of nitrogens with one attached hydrogen (secondary N) is 2. The average Bonchev–Trinajstić information content (AvgIpc) is 2.95. The third kappa shape index (κ3) is 6.64. The van der Waals surface area contributed by atoms with Crippen LogP contribution in [-0.2, 0) is 14.4 Å². The number of non-ortho nitro benzene ring substituents is 1. The van der Waals surface area contributed by atoms with Crippen LogP contribution >= 0.6 is 11.6 Å². The molecule has 0 bridgehead atoms. The van der Waals surface area contributed by atoms with E-state index in [1.54, 1.807) is 31.2 Å². The van der Waals surface area contributed by atoms with Crippen LogP contribution in [0.15, 0.2) is 66.2 Å². The fourth-order valence-corrected chi connectivity index (χ4v) is 4.16. The number of urea groups is 1. The first-order valence-electron chi connectivity index (χ1n) is 12.3. The highest BCUT2D eigenvalue weighted by Crippen LogP contribution is 2.38. The molecule has 216 valence electrons. The maximum absolute atomic E-state index is 13.2. The number of amides is 5. The zero-order valence-corrected chi connectivity index (χ0v) is 23.0. The number of rotatable bonds is 10. The van der Waals surface area contributed by atoms with Gasteiger partial charge in [-0.2, -0.15) is 0 Å². The lowest BCUT2D eigenvalue weighted by molar-refractivity contribution is -0.384. The lowest BCUT2D eigenvalue weighted by Crippen LogP contribution is -2.54. The summed E-state index contributed by atoms with van der Waals surface area (Å²) in [6.07, 6.45) is 1.18. The van der Waals surface area contributed by atoms with Crippen molar-refractivity contribution in [3.05, 3.63) is 86.9 Å². The maximum atomic E-state index is 13.2. The Morgan fingerprint density at radius 1 is 1.10 bits per heavy atom. The van der Waals surface area contributed by atoms with Gasteiger partial charge in [0.1, 0.15) is 11.3 Å². The van der Waals surface area contributed by atoms with E-state index in [2.05, 4.69) is 10.6 Å². The van der Waals surface area contributed by atoms with Gasteiger partial charge in [-0.1, -0.05) is 17.7 Å². The van der Waals surface area contributed by atoms with E-state index in [1.807, 2.05) is 0 Å². The molecule has 0 unspecified atom stereocenters. The van der Waals surface area contributed by atoms with Crippen molar-refractivity contribution in [3.8, 4) is 17.2 Å². The number of nitro groups is 1. The molecule has 1 fully saturated rings. The second kappa shape index (κ2) is 12.8. The molecule has 3 aromatic rings. The molecular weight excluding hydrogens is 572 g/mol. The first kappa shape index (κ1) is 29.6. The van der Waals surface area contributed by atoms with E-state index in [4.69, 9.17) is 25.8 Å². The summed E-state index contributed by atoms with van der Waals surface area (Å²) >= 11 is 6.44. The SMILES string of the molecule is CCOc1cc(/C=C2/C(=O)NC(=O)N(c3cccc([N+](=O)[O-])c3)C2=O)cc(Cl)c1OCC(=O)Nc1ccc(OC)cc1. The topological polar surface area (TPSA) is 166 Å². The predicted molar refractivity (Wildman–Crippen MR) is 152 cm³/mol. The van der Waals surface area contributed by atoms with Gasteiger partial charge in [0.15, 0.2) is 18.1 Å². The molecule has 1 heterocycles. The Hall–Kier alpha value is -5.43. The van der Waals surface area contributed by atoms with Crippen molar-refractivity contribution < 1.29 is 38.3 Å². The van der Waals surface area contributed by atoms with Gasteiger partial charge in [0.05, 0.1) is 29.4 Å². The van der Waals surface area contributed by atoms with E-state index in [0.717, 1.165) is 6.07 Å². The summed E-state index contributed by atoms with van der Waals surface area (Å²) in [5.74, 6) is -1.64. The minimum atomic E-state index is -1.06. The molecule has 0 aromatic heterocycles. The van der Waals surface area contributed by atoms with Crippen molar-refractivity contribution in [2.45, 2.75) is 6.92 Å². The minimum Gasteiger partial charge on any atom is -0.497 e. The highest BCUT2D eigenvalue weighted by molar-refractivity contribution is 6.39. The van der Waals surface area contributed by atoms with Crippen molar-refractivity contribution in [1.29, 1.82) is 0 Å². The number of methoxy groups -OCH3 is 1. The smallest absolute Gasteiger partial charge is 0.335 e. The molecule has 14 heteroatoms. The van der Waals surface area contributed by atoms with E-state index in [1.165, 1.54) is 43.5 Å². The predicted octanol–water partition coefficient (Wildman–Crippen LogP) is 4.34. The summed E-state index contributed by atoms with van der Waals surface area (Å²) < 4.78 is 16.3. The Labute approximate surface area is 243 Å². The van der Waals surface area contributed by atoms with Crippen LogP contribution in [0.4, 0.5) is 21.9 Å². The van der Waals surface area contributed by atoms with Gasteiger partial charge in [-0.25, -0.2) is 9.69 Å².